The minimum absolute atomic E-state index is 0.144. The van der Waals surface area contributed by atoms with Gasteiger partial charge in [0.05, 0.1) is 5.56 Å². The van der Waals surface area contributed by atoms with Gasteiger partial charge in [0.2, 0.25) is 0 Å². The van der Waals surface area contributed by atoms with Crippen LogP contribution in [0.3, 0.4) is 0 Å². The van der Waals surface area contributed by atoms with Crippen molar-refractivity contribution in [2.24, 2.45) is 23.7 Å². The first-order valence-electron chi connectivity index (χ1n) is 10.1. The Kier molecular flexibility index (Phi) is 7.15. The van der Waals surface area contributed by atoms with Crippen LogP contribution in [0.5, 0.6) is 0 Å². The van der Waals surface area contributed by atoms with Gasteiger partial charge in [-0.1, -0.05) is 36.6 Å². The van der Waals surface area contributed by atoms with E-state index in [-0.39, 0.29) is 11.4 Å². The standard InChI is InChI=1S/C23H29ClFN/c24-14-13-18-5-10-21(11-6-18)20-8-3-17(4-9-20)1-2-19-7-12-22(16-26)23(25)15-19/h7,12-15,17-18,20-21H,1-6,8-11H2/b14-13+. The van der Waals surface area contributed by atoms with Crippen LogP contribution in [0.25, 0.3) is 0 Å². The lowest BCUT2D eigenvalue weighted by molar-refractivity contribution is 0.153. The molecule has 0 N–H and O–H groups in total. The summed E-state index contributed by atoms with van der Waals surface area (Å²) in [5.41, 5.74) is 2.86. The van der Waals surface area contributed by atoms with E-state index in [2.05, 4.69) is 6.08 Å². The Morgan fingerprint density at radius 2 is 1.69 bits per heavy atom. The predicted octanol–water partition coefficient (Wildman–Crippen LogP) is 7.00. The molecule has 1 aromatic rings. The number of hydrogen-bond donors (Lipinski definition) is 0. The molecule has 2 fully saturated rings. The number of aryl methyl sites for hydroxylation is 1. The Bertz CT molecular complexity index is 647. The predicted molar refractivity (Wildman–Crippen MR) is 105 cm³/mol. The fourth-order valence-electron chi connectivity index (χ4n) is 5.04. The Morgan fingerprint density at radius 3 is 2.27 bits per heavy atom. The van der Waals surface area contributed by atoms with Crippen LogP contribution >= 0.6 is 11.6 Å². The lowest BCUT2D eigenvalue weighted by Gasteiger charge is -2.37. The second-order valence-electron chi connectivity index (χ2n) is 8.24. The number of rotatable bonds is 5. The molecular weight excluding hydrogens is 345 g/mol. The molecule has 0 saturated heterocycles. The van der Waals surface area contributed by atoms with Gasteiger partial charge in [-0.25, -0.2) is 4.39 Å². The van der Waals surface area contributed by atoms with E-state index in [0.29, 0.717) is 5.92 Å². The number of benzene rings is 1. The van der Waals surface area contributed by atoms with Crippen LogP contribution in [-0.4, -0.2) is 0 Å². The summed E-state index contributed by atoms with van der Waals surface area (Å²) in [6.07, 6.45) is 15.0. The van der Waals surface area contributed by atoms with Crippen molar-refractivity contribution in [2.45, 2.75) is 64.2 Å². The van der Waals surface area contributed by atoms with E-state index in [4.69, 9.17) is 16.9 Å². The molecule has 1 nitrogen and oxygen atoms in total. The molecule has 2 aliphatic carbocycles. The lowest BCUT2D eigenvalue weighted by Crippen LogP contribution is -2.25. The van der Waals surface area contributed by atoms with E-state index < -0.39 is 0 Å². The van der Waals surface area contributed by atoms with E-state index in [1.807, 2.05) is 12.1 Å². The van der Waals surface area contributed by atoms with Gasteiger partial charge in [0.25, 0.3) is 0 Å². The van der Waals surface area contributed by atoms with E-state index in [1.54, 1.807) is 11.6 Å². The fraction of sp³-hybridized carbons (Fsp3) is 0.609. The van der Waals surface area contributed by atoms with Gasteiger partial charge in [-0.05, 0) is 92.7 Å². The molecule has 0 atom stereocenters. The van der Waals surface area contributed by atoms with Gasteiger partial charge < -0.3 is 0 Å². The van der Waals surface area contributed by atoms with E-state index in [0.717, 1.165) is 36.2 Å². The SMILES string of the molecule is N#Cc1ccc(CCC2CCC(C3CCC(/C=C/Cl)CC3)CC2)cc1F. The first kappa shape index (κ1) is 19.4. The normalized spacial score (nSPS) is 29.6. The summed E-state index contributed by atoms with van der Waals surface area (Å²) in [4.78, 5) is 0. The van der Waals surface area contributed by atoms with Crippen LogP contribution in [0, 0.1) is 40.8 Å². The fourth-order valence-corrected chi connectivity index (χ4v) is 5.24. The second-order valence-corrected chi connectivity index (χ2v) is 8.49. The molecule has 3 rings (SSSR count). The van der Waals surface area contributed by atoms with Crippen molar-refractivity contribution in [1.29, 1.82) is 5.26 Å². The zero-order chi connectivity index (χ0) is 18.4. The van der Waals surface area contributed by atoms with Crippen molar-refractivity contribution >= 4 is 11.6 Å². The molecule has 3 heteroatoms. The Hall–Kier alpha value is -1.33. The molecule has 0 aliphatic heterocycles. The molecule has 0 heterocycles. The molecule has 0 aromatic heterocycles. The third-order valence-electron chi connectivity index (χ3n) is 6.71. The maximum Gasteiger partial charge on any atom is 0.141 e. The molecule has 0 radical (unpaired) electrons. The Morgan fingerprint density at radius 1 is 1.04 bits per heavy atom. The maximum absolute atomic E-state index is 13.7. The number of allylic oxidation sites excluding steroid dienone is 1. The van der Waals surface area contributed by atoms with Crippen LogP contribution in [0.4, 0.5) is 4.39 Å². The molecular formula is C23H29ClFN. The summed E-state index contributed by atoms with van der Waals surface area (Å²) in [6.45, 7) is 0. The van der Waals surface area contributed by atoms with Crippen molar-refractivity contribution in [3.63, 3.8) is 0 Å². The van der Waals surface area contributed by atoms with Crippen molar-refractivity contribution < 1.29 is 4.39 Å². The van der Waals surface area contributed by atoms with Crippen molar-refractivity contribution in [3.05, 3.63) is 46.8 Å². The van der Waals surface area contributed by atoms with Gasteiger partial charge in [-0.2, -0.15) is 5.26 Å². The maximum atomic E-state index is 13.7. The molecule has 0 unspecified atom stereocenters. The highest BCUT2D eigenvalue weighted by molar-refractivity contribution is 6.25. The molecule has 2 aliphatic rings. The van der Waals surface area contributed by atoms with Crippen LogP contribution in [0.1, 0.15) is 68.9 Å². The Balaban J connectivity index is 1.40. The van der Waals surface area contributed by atoms with Gasteiger partial charge >= 0.3 is 0 Å². The molecule has 1 aromatic carbocycles. The summed E-state index contributed by atoms with van der Waals surface area (Å²) < 4.78 is 13.7. The number of nitriles is 1. The monoisotopic (exact) mass is 373 g/mol. The highest BCUT2D eigenvalue weighted by Crippen LogP contribution is 2.42. The number of nitrogens with zero attached hydrogens (tertiary/aromatic N) is 1. The third kappa shape index (κ3) is 5.10. The average molecular weight is 374 g/mol. The van der Waals surface area contributed by atoms with E-state index >= 15 is 0 Å². The molecule has 0 bridgehead atoms. The van der Waals surface area contributed by atoms with Crippen LogP contribution in [0.15, 0.2) is 29.8 Å². The molecule has 26 heavy (non-hydrogen) atoms. The molecule has 0 spiro atoms. The minimum atomic E-state index is -0.381. The van der Waals surface area contributed by atoms with Gasteiger partial charge in [-0.3, -0.25) is 0 Å². The molecule has 140 valence electrons. The minimum Gasteiger partial charge on any atom is -0.206 e. The van der Waals surface area contributed by atoms with Gasteiger partial charge in [0, 0.05) is 5.54 Å². The summed E-state index contributed by atoms with van der Waals surface area (Å²) in [5.74, 6) is 2.93. The second kappa shape index (κ2) is 9.56. The van der Waals surface area contributed by atoms with Crippen LogP contribution in [0.2, 0.25) is 0 Å². The first-order valence-corrected chi connectivity index (χ1v) is 10.6. The molecule has 2 saturated carbocycles. The lowest BCUT2D eigenvalue weighted by atomic mass is 9.68. The van der Waals surface area contributed by atoms with E-state index in [9.17, 15) is 4.39 Å². The Labute approximate surface area is 162 Å². The first-order chi connectivity index (χ1) is 12.7. The van der Waals surface area contributed by atoms with Crippen molar-refractivity contribution in [3.8, 4) is 6.07 Å². The molecule has 0 amide bonds. The average Bonchev–Trinajstić information content (AvgIpc) is 2.68. The number of halogens is 2. The number of hydrogen-bond acceptors (Lipinski definition) is 1. The zero-order valence-electron chi connectivity index (χ0n) is 15.5. The highest BCUT2D eigenvalue weighted by atomic mass is 35.5. The smallest absolute Gasteiger partial charge is 0.141 e. The topological polar surface area (TPSA) is 23.8 Å². The van der Waals surface area contributed by atoms with Gasteiger partial charge in [-0.15, -0.1) is 0 Å². The third-order valence-corrected chi connectivity index (χ3v) is 6.86. The summed E-state index contributed by atoms with van der Waals surface area (Å²) >= 11 is 5.72. The largest absolute Gasteiger partial charge is 0.206 e. The quantitative estimate of drug-likeness (QED) is 0.545. The van der Waals surface area contributed by atoms with Crippen LogP contribution in [-0.2, 0) is 6.42 Å². The summed E-state index contributed by atoms with van der Waals surface area (Å²) in [6, 6.07) is 6.94. The zero-order valence-corrected chi connectivity index (χ0v) is 16.2. The summed E-state index contributed by atoms with van der Waals surface area (Å²) in [7, 11) is 0. The van der Waals surface area contributed by atoms with Gasteiger partial charge in [0.15, 0.2) is 0 Å². The van der Waals surface area contributed by atoms with E-state index in [1.165, 1.54) is 57.4 Å². The van der Waals surface area contributed by atoms with Crippen molar-refractivity contribution in [2.75, 3.05) is 0 Å². The summed E-state index contributed by atoms with van der Waals surface area (Å²) in [5, 5.41) is 8.82. The van der Waals surface area contributed by atoms with Crippen molar-refractivity contribution in [1.82, 2.24) is 0 Å². The van der Waals surface area contributed by atoms with Crippen LogP contribution < -0.4 is 0 Å². The highest BCUT2D eigenvalue weighted by Gasteiger charge is 2.30. The van der Waals surface area contributed by atoms with Gasteiger partial charge in [0.1, 0.15) is 11.9 Å².